The third-order valence-corrected chi connectivity index (χ3v) is 5.35. The lowest BCUT2D eigenvalue weighted by atomic mass is 10.1. The fraction of sp³-hybridized carbons (Fsp3) is 0.182. The largest absolute Gasteiger partial charge is 0.480 e. The van der Waals surface area contributed by atoms with Crippen LogP contribution in [0.25, 0.3) is 16.9 Å². The summed E-state index contributed by atoms with van der Waals surface area (Å²) in [5.74, 6) is -1.37. The van der Waals surface area contributed by atoms with Gasteiger partial charge in [-0.25, -0.2) is 9.48 Å². The summed E-state index contributed by atoms with van der Waals surface area (Å²) in [6, 6.07) is 12.7. The van der Waals surface area contributed by atoms with Crippen LogP contribution in [0.5, 0.6) is 0 Å². The molecular weight excluding hydrogens is 473 g/mol. The molecule has 3 rings (SSSR count). The standard InChI is InChI=1S/C22H18Cl3N5O2/c1-12(2)20(22(31)32)28-21(27-11-26)17-10-19(13-3-5-14(23)6-4-13)30(29-17)18-8-7-15(24)9-16(18)25/h3-10,12,20H,1-2H3,(H,27,28)(H,31,32)/t20-/m0/s1. The van der Waals surface area contributed by atoms with E-state index in [1.807, 2.05) is 12.1 Å². The molecule has 1 aromatic heterocycles. The van der Waals surface area contributed by atoms with Gasteiger partial charge in [-0.2, -0.15) is 10.4 Å². The maximum atomic E-state index is 11.6. The number of rotatable bonds is 6. The minimum atomic E-state index is -1.10. The third kappa shape index (κ3) is 5.22. The van der Waals surface area contributed by atoms with Gasteiger partial charge in [-0.1, -0.05) is 60.8 Å². The highest BCUT2D eigenvalue weighted by Gasteiger charge is 2.24. The van der Waals surface area contributed by atoms with Gasteiger partial charge >= 0.3 is 5.97 Å². The molecule has 7 nitrogen and oxygen atoms in total. The molecule has 0 unspecified atom stereocenters. The number of aliphatic imine (C=N–C) groups is 1. The third-order valence-electron chi connectivity index (χ3n) is 4.56. The first-order valence-electron chi connectivity index (χ1n) is 9.48. The van der Waals surface area contributed by atoms with Crippen LogP contribution in [0.4, 0.5) is 0 Å². The molecule has 0 amide bonds. The lowest BCUT2D eigenvalue weighted by Crippen LogP contribution is -2.30. The van der Waals surface area contributed by atoms with Crippen LogP contribution in [0.3, 0.4) is 0 Å². The zero-order valence-corrected chi connectivity index (χ0v) is 19.3. The number of nitriles is 1. The van der Waals surface area contributed by atoms with Crippen LogP contribution >= 0.6 is 34.8 Å². The average molecular weight is 491 g/mol. The van der Waals surface area contributed by atoms with Crippen LogP contribution in [-0.4, -0.2) is 32.7 Å². The highest BCUT2D eigenvalue weighted by atomic mass is 35.5. The van der Waals surface area contributed by atoms with Crippen molar-refractivity contribution in [3.8, 4) is 23.1 Å². The minimum Gasteiger partial charge on any atom is -0.480 e. The van der Waals surface area contributed by atoms with E-state index in [4.69, 9.17) is 34.8 Å². The molecule has 0 radical (unpaired) electrons. The van der Waals surface area contributed by atoms with E-state index in [0.717, 1.165) is 5.56 Å². The number of carboxylic acid groups (broad SMARTS) is 1. The van der Waals surface area contributed by atoms with Gasteiger partial charge in [0.2, 0.25) is 0 Å². The number of amidine groups is 1. The van der Waals surface area contributed by atoms with Gasteiger partial charge in [0, 0.05) is 15.6 Å². The van der Waals surface area contributed by atoms with Gasteiger partial charge in [-0.3, -0.25) is 10.3 Å². The van der Waals surface area contributed by atoms with Crippen molar-refractivity contribution in [2.45, 2.75) is 19.9 Å². The van der Waals surface area contributed by atoms with Crippen LogP contribution in [0, 0.1) is 17.4 Å². The lowest BCUT2D eigenvalue weighted by molar-refractivity contribution is -0.139. The van der Waals surface area contributed by atoms with Crippen LogP contribution in [-0.2, 0) is 4.79 Å². The molecule has 0 aliphatic carbocycles. The molecule has 0 bridgehead atoms. The zero-order valence-electron chi connectivity index (χ0n) is 17.1. The van der Waals surface area contributed by atoms with Crippen molar-refractivity contribution < 1.29 is 9.90 Å². The highest BCUT2D eigenvalue weighted by molar-refractivity contribution is 6.35. The first-order valence-corrected chi connectivity index (χ1v) is 10.6. The Morgan fingerprint density at radius 2 is 1.78 bits per heavy atom. The molecule has 1 atom stereocenters. The van der Waals surface area contributed by atoms with Crippen molar-refractivity contribution in [2.75, 3.05) is 0 Å². The van der Waals surface area contributed by atoms with Gasteiger partial charge in [0.1, 0.15) is 5.69 Å². The van der Waals surface area contributed by atoms with E-state index in [0.29, 0.717) is 26.4 Å². The van der Waals surface area contributed by atoms with E-state index in [2.05, 4.69) is 15.4 Å². The molecule has 0 spiro atoms. The quantitative estimate of drug-likeness (QED) is 0.208. The molecule has 32 heavy (non-hydrogen) atoms. The second-order valence-electron chi connectivity index (χ2n) is 7.17. The van der Waals surface area contributed by atoms with E-state index in [1.165, 1.54) is 0 Å². The second kappa shape index (κ2) is 10.0. The molecule has 2 N–H and O–H groups in total. The summed E-state index contributed by atoms with van der Waals surface area (Å²) in [6.07, 6.45) is 1.80. The zero-order chi connectivity index (χ0) is 23.4. The fourth-order valence-electron chi connectivity index (χ4n) is 3.00. The molecule has 10 heteroatoms. The monoisotopic (exact) mass is 489 g/mol. The van der Waals surface area contributed by atoms with E-state index >= 15 is 0 Å². The highest BCUT2D eigenvalue weighted by Crippen LogP contribution is 2.30. The van der Waals surface area contributed by atoms with Crippen molar-refractivity contribution in [1.29, 1.82) is 5.26 Å². The molecule has 0 saturated heterocycles. The number of hydrogen-bond acceptors (Lipinski definition) is 4. The van der Waals surface area contributed by atoms with Crippen LogP contribution in [0.15, 0.2) is 53.5 Å². The van der Waals surface area contributed by atoms with E-state index in [9.17, 15) is 15.2 Å². The lowest BCUT2D eigenvalue weighted by Gasteiger charge is -2.12. The predicted molar refractivity (Wildman–Crippen MR) is 126 cm³/mol. The van der Waals surface area contributed by atoms with Crippen molar-refractivity contribution in [1.82, 2.24) is 15.1 Å². The molecule has 0 saturated carbocycles. The molecule has 0 aliphatic rings. The molecule has 1 heterocycles. The van der Waals surface area contributed by atoms with Crippen molar-refractivity contribution in [3.63, 3.8) is 0 Å². The summed E-state index contributed by atoms with van der Waals surface area (Å²) in [4.78, 5) is 15.9. The minimum absolute atomic E-state index is 0.0349. The number of aliphatic carboxylic acids is 1. The van der Waals surface area contributed by atoms with Crippen molar-refractivity contribution >= 4 is 46.6 Å². The Bertz CT molecular complexity index is 1210. The average Bonchev–Trinajstić information content (AvgIpc) is 3.16. The Kier molecular flexibility index (Phi) is 7.41. The Hall–Kier alpha value is -3.05. The topological polar surface area (TPSA) is 103 Å². The Balaban J connectivity index is 2.23. The number of nitrogens with zero attached hydrogens (tertiary/aromatic N) is 4. The smallest absolute Gasteiger partial charge is 0.328 e. The van der Waals surface area contributed by atoms with Crippen LogP contribution < -0.4 is 5.32 Å². The summed E-state index contributed by atoms with van der Waals surface area (Å²) < 4.78 is 1.58. The van der Waals surface area contributed by atoms with Crippen molar-refractivity contribution in [3.05, 3.63) is 69.3 Å². The van der Waals surface area contributed by atoms with Gasteiger partial charge in [0.25, 0.3) is 0 Å². The summed E-state index contributed by atoms with van der Waals surface area (Å²) in [5, 5.41) is 27.2. The van der Waals surface area contributed by atoms with Crippen LogP contribution in [0.1, 0.15) is 19.5 Å². The van der Waals surface area contributed by atoms with Gasteiger partial charge in [0.05, 0.1) is 16.4 Å². The first kappa shape index (κ1) is 23.6. The van der Waals surface area contributed by atoms with Gasteiger partial charge in [0.15, 0.2) is 18.1 Å². The van der Waals surface area contributed by atoms with Gasteiger partial charge < -0.3 is 5.11 Å². The molecule has 0 aliphatic heterocycles. The number of benzene rings is 2. The Morgan fingerprint density at radius 3 is 2.34 bits per heavy atom. The molecule has 3 aromatic rings. The van der Waals surface area contributed by atoms with Crippen molar-refractivity contribution in [2.24, 2.45) is 10.9 Å². The number of hydrogen-bond donors (Lipinski definition) is 2. The number of halogens is 3. The number of carbonyl (C=O) groups is 1. The van der Waals surface area contributed by atoms with E-state index in [-0.39, 0.29) is 17.4 Å². The molecular formula is C22H18Cl3N5O2. The van der Waals surface area contributed by atoms with E-state index in [1.54, 1.807) is 61.1 Å². The Morgan fingerprint density at radius 1 is 1.12 bits per heavy atom. The van der Waals surface area contributed by atoms with Gasteiger partial charge in [-0.05, 0) is 42.3 Å². The van der Waals surface area contributed by atoms with Crippen LogP contribution in [0.2, 0.25) is 15.1 Å². The maximum Gasteiger partial charge on any atom is 0.328 e. The molecule has 164 valence electrons. The first-order chi connectivity index (χ1) is 15.2. The fourth-order valence-corrected chi connectivity index (χ4v) is 3.62. The second-order valence-corrected chi connectivity index (χ2v) is 8.45. The number of carboxylic acids is 1. The molecule has 2 aromatic carbocycles. The normalized spacial score (nSPS) is 12.5. The molecule has 0 fully saturated rings. The summed E-state index contributed by atoms with van der Waals surface area (Å²) >= 11 is 18.5. The number of nitrogens with one attached hydrogen (secondary N) is 1. The summed E-state index contributed by atoms with van der Waals surface area (Å²) in [6.45, 7) is 3.47. The predicted octanol–water partition coefficient (Wildman–Crippen LogP) is 5.43. The van der Waals surface area contributed by atoms with Gasteiger partial charge in [-0.15, -0.1) is 0 Å². The summed E-state index contributed by atoms with van der Waals surface area (Å²) in [7, 11) is 0. The Labute approximate surface area is 199 Å². The summed E-state index contributed by atoms with van der Waals surface area (Å²) in [5.41, 5.74) is 2.22. The number of aromatic nitrogens is 2. The van der Waals surface area contributed by atoms with E-state index < -0.39 is 12.0 Å². The SMILES string of the molecule is CC(C)[C@H](N=C(NC#N)c1cc(-c2ccc(Cl)cc2)n(-c2ccc(Cl)cc2Cl)n1)C(=O)O. The maximum absolute atomic E-state index is 11.6.